The quantitative estimate of drug-likeness (QED) is 0.864. The Morgan fingerprint density at radius 3 is 2.53 bits per heavy atom. The van der Waals surface area contributed by atoms with Crippen molar-refractivity contribution in [2.24, 2.45) is 5.16 Å². The van der Waals surface area contributed by atoms with Crippen molar-refractivity contribution in [3.05, 3.63) is 35.9 Å². The van der Waals surface area contributed by atoms with Crippen molar-refractivity contribution in [3.8, 4) is 0 Å². The van der Waals surface area contributed by atoms with Gasteiger partial charge in [0.2, 0.25) is 10.0 Å². The molecule has 1 aromatic rings. The van der Waals surface area contributed by atoms with Crippen molar-refractivity contribution in [3.63, 3.8) is 0 Å². The number of oxime groups is 1. The first-order valence-corrected chi connectivity index (χ1v) is 6.82. The second-order valence-corrected chi connectivity index (χ2v) is 5.83. The highest BCUT2D eigenvalue weighted by molar-refractivity contribution is 7.91. The Morgan fingerprint density at radius 2 is 1.94 bits per heavy atom. The molecule has 0 radical (unpaired) electrons. The molecule has 92 valence electrons. The Labute approximate surface area is 101 Å². The second-order valence-electron chi connectivity index (χ2n) is 3.82. The van der Waals surface area contributed by atoms with Crippen LogP contribution in [-0.4, -0.2) is 32.5 Å². The number of nitrogens with one attached hydrogen (secondary N) is 1. The fraction of sp³-hybridized carbons (Fsp3) is 0.364. The van der Waals surface area contributed by atoms with Crippen LogP contribution in [-0.2, 0) is 14.9 Å². The molecular weight excluding hydrogens is 240 g/mol. The minimum absolute atomic E-state index is 0.451. The molecule has 0 bridgehead atoms. The zero-order chi connectivity index (χ0) is 12.5. The molecule has 2 rings (SSSR count). The van der Waals surface area contributed by atoms with E-state index in [1.54, 1.807) is 6.92 Å². The van der Waals surface area contributed by atoms with Crippen LogP contribution in [0.25, 0.3) is 0 Å². The number of nitrogens with zero attached hydrogens (tertiary/aromatic N) is 1. The molecule has 6 heteroatoms. The molecule has 1 N–H and O–H groups in total. The molecule has 1 heterocycles. The summed E-state index contributed by atoms with van der Waals surface area (Å²) in [5.74, 6) is 0. The number of rotatable bonds is 3. The first-order valence-electron chi connectivity index (χ1n) is 5.28. The van der Waals surface area contributed by atoms with Crippen LogP contribution in [0, 0.1) is 0 Å². The standard InChI is InChI=1S/C11H14N2O3S/c1-8-11(17(14,15)12-2)10(13-16-8)9-6-4-3-5-7-9/h3-8,11-12H,1-2H3. The maximum Gasteiger partial charge on any atom is 0.223 e. The van der Waals surface area contributed by atoms with Crippen molar-refractivity contribution in [1.29, 1.82) is 0 Å². The Bertz CT molecular complexity index is 525. The van der Waals surface area contributed by atoms with E-state index in [2.05, 4.69) is 9.88 Å². The third kappa shape index (κ3) is 2.18. The lowest BCUT2D eigenvalue weighted by atomic mass is 10.1. The second kappa shape index (κ2) is 4.46. The van der Waals surface area contributed by atoms with E-state index in [0.717, 1.165) is 5.56 Å². The zero-order valence-corrected chi connectivity index (χ0v) is 10.4. The highest BCUT2D eigenvalue weighted by atomic mass is 32.2. The lowest BCUT2D eigenvalue weighted by molar-refractivity contribution is 0.101. The minimum Gasteiger partial charge on any atom is -0.391 e. The summed E-state index contributed by atoms with van der Waals surface area (Å²) in [7, 11) is -2.06. The van der Waals surface area contributed by atoms with Crippen LogP contribution in [0.4, 0.5) is 0 Å². The van der Waals surface area contributed by atoms with E-state index in [4.69, 9.17) is 4.84 Å². The van der Waals surface area contributed by atoms with Gasteiger partial charge in [-0.15, -0.1) is 0 Å². The molecule has 2 unspecified atom stereocenters. The third-order valence-corrected chi connectivity index (χ3v) is 4.55. The van der Waals surface area contributed by atoms with Crippen molar-refractivity contribution < 1.29 is 13.3 Å². The maximum absolute atomic E-state index is 11.9. The van der Waals surface area contributed by atoms with Gasteiger partial charge < -0.3 is 4.84 Å². The molecule has 0 fully saturated rings. The molecule has 1 aromatic carbocycles. The molecule has 17 heavy (non-hydrogen) atoms. The number of sulfonamides is 1. The van der Waals surface area contributed by atoms with Crippen LogP contribution in [0.3, 0.4) is 0 Å². The van der Waals surface area contributed by atoms with Crippen molar-refractivity contribution in [2.45, 2.75) is 18.3 Å². The van der Waals surface area contributed by atoms with Crippen molar-refractivity contribution in [2.75, 3.05) is 7.05 Å². The third-order valence-electron chi connectivity index (χ3n) is 2.70. The highest BCUT2D eigenvalue weighted by Crippen LogP contribution is 2.22. The zero-order valence-electron chi connectivity index (χ0n) is 9.62. The van der Waals surface area contributed by atoms with Crippen LogP contribution in [0.5, 0.6) is 0 Å². The monoisotopic (exact) mass is 254 g/mol. The van der Waals surface area contributed by atoms with E-state index in [0.29, 0.717) is 5.71 Å². The molecule has 0 aromatic heterocycles. The Balaban J connectivity index is 2.42. The smallest absolute Gasteiger partial charge is 0.223 e. The molecule has 0 saturated carbocycles. The van der Waals surface area contributed by atoms with E-state index in [1.165, 1.54) is 7.05 Å². The van der Waals surface area contributed by atoms with Crippen LogP contribution < -0.4 is 4.72 Å². The molecule has 5 nitrogen and oxygen atoms in total. The van der Waals surface area contributed by atoms with Gasteiger partial charge in [0.1, 0.15) is 11.8 Å². The van der Waals surface area contributed by atoms with Gasteiger partial charge in [0.25, 0.3) is 0 Å². The molecular formula is C11H14N2O3S. The molecule has 0 spiro atoms. The van der Waals surface area contributed by atoms with Gasteiger partial charge in [0, 0.05) is 5.56 Å². The summed E-state index contributed by atoms with van der Waals surface area (Å²) in [6.45, 7) is 1.69. The van der Waals surface area contributed by atoms with E-state index in [1.807, 2.05) is 30.3 Å². The van der Waals surface area contributed by atoms with Gasteiger partial charge in [-0.25, -0.2) is 13.1 Å². The summed E-state index contributed by atoms with van der Waals surface area (Å²) in [4.78, 5) is 5.09. The maximum atomic E-state index is 11.9. The number of hydrogen-bond donors (Lipinski definition) is 1. The van der Waals surface area contributed by atoms with Crippen LogP contribution in [0.15, 0.2) is 35.5 Å². The fourth-order valence-corrected chi connectivity index (χ4v) is 3.10. The first kappa shape index (κ1) is 12.1. The molecule has 0 amide bonds. The lowest BCUT2D eigenvalue weighted by Crippen LogP contribution is -2.42. The minimum atomic E-state index is -3.45. The average molecular weight is 254 g/mol. The molecule has 1 aliphatic heterocycles. The van der Waals surface area contributed by atoms with Gasteiger partial charge in [-0.2, -0.15) is 0 Å². The molecule has 1 aliphatic rings. The Kier molecular flexibility index (Phi) is 3.17. The summed E-state index contributed by atoms with van der Waals surface area (Å²) in [6.07, 6.45) is -0.484. The topological polar surface area (TPSA) is 67.8 Å². The fourth-order valence-electron chi connectivity index (χ4n) is 1.82. The summed E-state index contributed by atoms with van der Waals surface area (Å²) in [5.41, 5.74) is 1.22. The van der Waals surface area contributed by atoms with E-state index in [9.17, 15) is 8.42 Å². The Morgan fingerprint density at radius 1 is 1.29 bits per heavy atom. The Hall–Kier alpha value is -1.40. The predicted molar refractivity (Wildman–Crippen MR) is 65.3 cm³/mol. The first-order chi connectivity index (χ1) is 8.06. The van der Waals surface area contributed by atoms with Crippen LogP contribution in [0.2, 0.25) is 0 Å². The lowest BCUT2D eigenvalue weighted by Gasteiger charge is -2.15. The van der Waals surface area contributed by atoms with Gasteiger partial charge in [-0.05, 0) is 14.0 Å². The van der Waals surface area contributed by atoms with Gasteiger partial charge in [0.05, 0.1) is 0 Å². The van der Waals surface area contributed by atoms with E-state index in [-0.39, 0.29) is 0 Å². The summed E-state index contributed by atoms with van der Waals surface area (Å²) >= 11 is 0. The van der Waals surface area contributed by atoms with Crippen molar-refractivity contribution in [1.82, 2.24) is 4.72 Å². The van der Waals surface area contributed by atoms with Gasteiger partial charge in [-0.3, -0.25) is 0 Å². The van der Waals surface area contributed by atoms with Crippen LogP contribution >= 0.6 is 0 Å². The number of hydrogen-bond acceptors (Lipinski definition) is 4. The van der Waals surface area contributed by atoms with Crippen LogP contribution in [0.1, 0.15) is 12.5 Å². The summed E-state index contributed by atoms with van der Waals surface area (Å²) in [6, 6.07) is 9.18. The summed E-state index contributed by atoms with van der Waals surface area (Å²) < 4.78 is 26.2. The largest absolute Gasteiger partial charge is 0.391 e. The normalized spacial score (nSPS) is 24.2. The SMILES string of the molecule is CNS(=O)(=O)C1C(c2ccccc2)=NOC1C. The predicted octanol–water partition coefficient (Wildman–Crippen LogP) is 0.727. The van der Waals surface area contributed by atoms with E-state index >= 15 is 0 Å². The highest BCUT2D eigenvalue weighted by Gasteiger charge is 2.41. The van der Waals surface area contributed by atoms with Gasteiger partial charge in [-0.1, -0.05) is 35.5 Å². The molecule has 0 aliphatic carbocycles. The van der Waals surface area contributed by atoms with Gasteiger partial charge >= 0.3 is 0 Å². The summed E-state index contributed by atoms with van der Waals surface area (Å²) in [5, 5.41) is 3.11. The molecule has 2 atom stereocenters. The van der Waals surface area contributed by atoms with Crippen molar-refractivity contribution >= 4 is 15.7 Å². The van der Waals surface area contributed by atoms with Gasteiger partial charge in [0.15, 0.2) is 5.25 Å². The average Bonchev–Trinajstić information content (AvgIpc) is 2.73. The molecule has 0 saturated heterocycles. The number of benzene rings is 1. The van der Waals surface area contributed by atoms with E-state index < -0.39 is 21.4 Å².